The van der Waals surface area contributed by atoms with E-state index in [2.05, 4.69) is 130 Å². The Morgan fingerprint density at radius 3 is 1.78 bits per heavy atom. The molecule has 2 aliphatic rings. The third-order valence-electron chi connectivity index (χ3n) is 9.21. The number of rotatable bonds is 4. The molecule has 6 rings (SSSR count). The molecule has 2 aliphatic carbocycles. The summed E-state index contributed by atoms with van der Waals surface area (Å²) in [5.74, 6) is 1.88. The molecule has 0 fully saturated rings. The highest BCUT2D eigenvalue weighted by molar-refractivity contribution is 8.33. The van der Waals surface area contributed by atoms with Gasteiger partial charge >= 0.3 is 0 Å². The fourth-order valence-electron chi connectivity index (χ4n) is 7.70. The Morgan fingerprint density at radius 1 is 0.583 bits per heavy atom. The zero-order valence-electron chi connectivity index (χ0n) is 22.2. The molecule has 5 unspecified atom stereocenters. The summed E-state index contributed by atoms with van der Waals surface area (Å²) in [6.45, 7) is 7.52. The third-order valence-corrected chi connectivity index (χ3v) is 13.2. The molecule has 36 heavy (non-hydrogen) atoms. The summed E-state index contributed by atoms with van der Waals surface area (Å²) in [7, 11) is -0.994. The molecule has 0 spiro atoms. The van der Waals surface area contributed by atoms with Gasteiger partial charge in [0.1, 0.15) is 0 Å². The maximum absolute atomic E-state index is 2.65. The highest BCUT2D eigenvalue weighted by Gasteiger charge is 2.49. The molecule has 1 heteroatoms. The monoisotopic (exact) mass is 490 g/mol. The van der Waals surface area contributed by atoms with Gasteiger partial charge in [-0.1, -0.05) is 118 Å². The van der Waals surface area contributed by atoms with E-state index in [0.717, 1.165) is 0 Å². The minimum absolute atomic E-state index is 0.569. The second-order valence-electron chi connectivity index (χ2n) is 11.6. The fraction of sp³-hybridized carbons (Fsp3) is 0.314. The van der Waals surface area contributed by atoms with E-state index < -0.39 is 10.0 Å². The Bertz CT molecular complexity index is 1390. The van der Waals surface area contributed by atoms with Crippen molar-refractivity contribution in [3.63, 3.8) is 0 Å². The first-order valence-electron chi connectivity index (χ1n) is 13.5. The van der Waals surface area contributed by atoms with E-state index in [0.29, 0.717) is 28.3 Å². The summed E-state index contributed by atoms with van der Waals surface area (Å²) in [5.41, 5.74) is 12.0. The van der Waals surface area contributed by atoms with Gasteiger partial charge in [0, 0.05) is 10.5 Å². The number of benzene rings is 4. The van der Waals surface area contributed by atoms with Gasteiger partial charge in [0.25, 0.3) is 0 Å². The Labute approximate surface area is 219 Å². The molecular formula is C35H38S. The zero-order chi connectivity index (χ0) is 25.0. The SMILES string of the molecule is CC1Cc2c(-c3ccccc3)cccc2C1S(C)(C)C1c2cccc(-c3ccccc3)c2C(C)C1C. The first kappa shape index (κ1) is 23.6. The molecule has 5 atom stereocenters. The van der Waals surface area contributed by atoms with Crippen LogP contribution in [0.15, 0.2) is 97.1 Å². The smallest absolute Gasteiger partial charge is 0.0175 e. The molecule has 0 aliphatic heterocycles. The van der Waals surface area contributed by atoms with Crippen LogP contribution in [0.25, 0.3) is 22.3 Å². The van der Waals surface area contributed by atoms with Crippen LogP contribution in [0.3, 0.4) is 0 Å². The largest absolute Gasteiger partial charge is 0.233 e. The van der Waals surface area contributed by atoms with Crippen LogP contribution in [-0.4, -0.2) is 12.5 Å². The predicted octanol–water partition coefficient (Wildman–Crippen LogP) is 9.81. The lowest BCUT2D eigenvalue weighted by Gasteiger charge is -2.48. The van der Waals surface area contributed by atoms with Gasteiger partial charge in [-0.2, -0.15) is 0 Å². The standard InChI is InChI=1S/C35H38S/c1-23-22-32-28(26-14-8-6-9-15-26)18-12-20-30(32)34(23)36(4,5)35-25(3)24(2)33-29(19-13-21-31(33)35)27-16-10-7-11-17-27/h6-21,23-25,34-35H,22H2,1-5H3. The van der Waals surface area contributed by atoms with E-state index in [1.54, 1.807) is 22.3 Å². The van der Waals surface area contributed by atoms with E-state index in [1.165, 1.54) is 28.7 Å². The second-order valence-corrected chi connectivity index (χ2v) is 15.6. The number of hydrogen-bond acceptors (Lipinski definition) is 0. The van der Waals surface area contributed by atoms with Crippen LogP contribution in [0.5, 0.6) is 0 Å². The van der Waals surface area contributed by atoms with Crippen LogP contribution in [-0.2, 0) is 6.42 Å². The number of hydrogen-bond donors (Lipinski definition) is 0. The average Bonchev–Trinajstić information content (AvgIpc) is 3.38. The maximum atomic E-state index is 2.65. The fourth-order valence-corrected chi connectivity index (χ4v) is 12.4. The quantitative estimate of drug-likeness (QED) is 0.267. The van der Waals surface area contributed by atoms with Gasteiger partial charge in [-0.3, -0.25) is 0 Å². The highest BCUT2D eigenvalue weighted by Crippen LogP contribution is 2.75. The Hall–Kier alpha value is -2.77. The molecule has 0 aromatic heterocycles. The van der Waals surface area contributed by atoms with Gasteiger partial charge in [0.05, 0.1) is 0 Å². The van der Waals surface area contributed by atoms with Crippen molar-refractivity contribution in [1.82, 2.24) is 0 Å². The van der Waals surface area contributed by atoms with Gasteiger partial charge < -0.3 is 0 Å². The Balaban J connectivity index is 1.46. The minimum Gasteiger partial charge on any atom is -0.233 e. The van der Waals surface area contributed by atoms with Crippen LogP contribution in [0.1, 0.15) is 59.4 Å². The first-order chi connectivity index (χ1) is 17.4. The van der Waals surface area contributed by atoms with Crippen molar-refractivity contribution in [2.24, 2.45) is 11.8 Å². The lowest BCUT2D eigenvalue weighted by Crippen LogP contribution is -2.21. The van der Waals surface area contributed by atoms with Gasteiger partial charge in [-0.15, -0.1) is 0 Å². The average molecular weight is 491 g/mol. The van der Waals surface area contributed by atoms with Gasteiger partial charge in [-0.25, -0.2) is 10.0 Å². The van der Waals surface area contributed by atoms with E-state index in [1.807, 2.05) is 0 Å². The summed E-state index contributed by atoms with van der Waals surface area (Å²) in [4.78, 5) is 0. The van der Waals surface area contributed by atoms with Crippen molar-refractivity contribution in [3.05, 3.63) is 119 Å². The second kappa shape index (κ2) is 8.96. The summed E-state index contributed by atoms with van der Waals surface area (Å²) in [6, 6.07) is 36.2. The van der Waals surface area contributed by atoms with E-state index >= 15 is 0 Å². The molecule has 0 amide bonds. The van der Waals surface area contributed by atoms with E-state index in [9.17, 15) is 0 Å². The van der Waals surface area contributed by atoms with Crippen LogP contribution in [0, 0.1) is 11.8 Å². The molecule has 0 N–H and O–H groups in total. The van der Waals surface area contributed by atoms with Crippen molar-refractivity contribution in [1.29, 1.82) is 0 Å². The summed E-state index contributed by atoms with van der Waals surface area (Å²) >= 11 is 0. The molecule has 4 aromatic carbocycles. The van der Waals surface area contributed by atoms with E-state index in [-0.39, 0.29) is 0 Å². The molecular weight excluding hydrogens is 452 g/mol. The predicted molar refractivity (Wildman–Crippen MR) is 159 cm³/mol. The Morgan fingerprint density at radius 2 is 1.14 bits per heavy atom. The van der Waals surface area contributed by atoms with Crippen LogP contribution in [0.2, 0.25) is 0 Å². The third kappa shape index (κ3) is 3.58. The molecule has 4 aromatic rings. The normalized spacial score (nSPS) is 25.4. The first-order valence-corrected chi connectivity index (χ1v) is 16.0. The maximum Gasteiger partial charge on any atom is 0.0175 e. The molecule has 0 saturated heterocycles. The van der Waals surface area contributed by atoms with Gasteiger partial charge in [-0.05, 0) is 81.2 Å². The molecule has 0 radical (unpaired) electrons. The molecule has 184 valence electrons. The van der Waals surface area contributed by atoms with Crippen molar-refractivity contribution >= 4 is 10.0 Å². The molecule has 0 saturated carbocycles. The summed E-state index contributed by atoms with van der Waals surface area (Å²) < 4.78 is 0. The lowest BCUT2D eigenvalue weighted by atomic mass is 9.90. The number of fused-ring (bicyclic) bond motifs is 2. The van der Waals surface area contributed by atoms with Crippen molar-refractivity contribution in [3.8, 4) is 22.3 Å². The minimum atomic E-state index is -0.994. The lowest BCUT2D eigenvalue weighted by molar-refractivity contribution is 0.513. The van der Waals surface area contributed by atoms with E-state index in [4.69, 9.17) is 0 Å². The van der Waals surface area contributed by atoms with Crippen LogP contribution < -0.4 is 0 Å². The van der Waals surface area contributed by atoms with Crippen molar-refractivity contribution in [2.45, 2.75) is 43.6 Å². The zero-order valence-corrected chi connectivity index (χ0v) is 23.1. The van der Waals surface area contributed by atoms with Crippen molar-refractivity contribution in [2.75, 3.05) is 12.5 Å². The Kier molecular flexibility index (Phi) is 5.88. The van der Waals surface area contributed by atoms with Crippen LogP contribution in [0.4, 0.5) is 0 Å². The van der Waals surface area contributed by atoms with Gasteiger partial charge in [0.2, 0.25) is 0 Å². The summed E-state index contributed by atoms with van der Waals surface area (Å²) in [6.07, 6.45) is 6.49. The van der Waals surface area contributed by atoms with Crippen LogP contribution >= 0.6 is 10.0 Å². The molecule has 0 heterocycles. The molecule has 0 nitrogen and oxygen atoms in total. The molecule has 0 bridgehead atoms. The topological polar surface area (TPSA) is 0 Å². The summed E-state index contributed by atoms with van der Waals surface area (Å²) in [5, 5.41) is 1.24. The highest BCUT2D eigenvalue weighted by atomic mass is 32.3. The van der Waals surface area contributed by atoms with Gasteiger partial charge in [0.15, 0.2) is 0 Å². The van der Waals surface area contributed by atoms with Crippen molar-refractivity contribution < 1.29 is 0 Å².